The highest BCUT2D eigenvalue weighted by Gasteiger charge is 2.11. The first-order valence-corrected chi connectivity index (χ1v) is 6.91. The summed E-state index contributed by atoms with van der Waals surface area (Å²) < 4.78 is 14.1. The van der Waals surface area contributed by atoms with Gasteiger partial charge in [0.1, 0.15) is 5.82 Å². The summed E-state index contributed by atoms with van der Waals surface area (Å²) in [7, 11) is 0. The lowest BCUT2D eigenvalue weighted by atomic mass is 10.1. The van der Waals surface area contributed by atoms with E-state index in [1.54, 1.807) is 6.07 Å². The molecule has 1 aromatic carbocycles. The van der Waals surface area contributed by atoms with Gasteiger partial charge in [0.05, 0.1) is 5.69 Å². The Morgan fingerprint density at radius 3 is 2.39 bits per heavy atom. The lowest BCUT2D eigenvalue weighted by Crippen LogP contribution is -2.23. The zero-order valence-electron chi connectivity index (χ0n) is 12.0. The average molecular weight is 252 g/mol. The van der Waals surface area contributed by atoms with Crippen molar-refractivity contribution >= 4 is 5.69 Å². The van der Waals surface area contributed by atoms with E-state index in [1.165, 1.54) is 0 Å². The first-order valence-electron chi connectivity index (χ1n) is 6.91. The van der Waals surface area contributed by atoms with Crippen LogP contribution in [0.15, 0.2) is 18.2 Å². The molecule has 0 saturated carbocycles. The molecule has 0 aliphatic carbocycles. The average Bonchev–Trinajstić information content (AvgIpc) is 2.39. The maximum atomic E-state index is 14.1. The molecule has 1 N–H and O–H groups in total. The number of rotatable bonds is 7. The Hall–Kier alpha value is -1.09. The minimum absolute atomic E-state index is 0.124. The van der Waals surface area contributed by atoms with E-state index in [2.05, 4.69) is 19.2 Å². The van der Waals surface area contributed by atoms with Gasteiger partial charge in [-0.1, -0.05) is 13.0 Å². The Kier molecular flexibility index (Phi) is 6.13. The molecule has 1 unspecified atom stereocenters. The minimum atomic E-state index is -0.124. The Morgan fingerprint density at radius 2 is 1.89 bits per heavy atom. The molecule has 0 heterocycles. The van der Waals surface area contributed by atoms with Gasteiger partial charge in [0.2, 0.25) is 0 Å². The van der Waals surface area contributed by atoms with Crippen molar-refractivity contribution in [2.45, 2.75) is 40.2 Å². The van der Waals surface area contributed by atoms with Crippen LogP contribution in [0.25, 0.3) is 0 Å². The third-order valence-electron chi connectivity index (χ3n) is 3.28. The van der Waals surface area contributed by atoms with E-state index in [4.69, 9.17) is 0 Å². The molecule has 0 spiro atoms. The SMILES string of the molecule is CCCNC(C)c1ccc(N(CC)CC)c(F)c1. The molecule has 1 rings (SSSR count). The third-order valence-corrected chi connectivity index (χ3v) is 3.28. The fraction of sp³-hybridized carbons (Fsp3) is 0.600. The van der Waals surface area contributed by atoms with Crippen molar-refractivity contribution in [3.63, 3.8) is 0 Å². The third kappa shape index (κ3) is 3.70. The van der Waals surface area contributed by atoms with E-state index in [-0.39, 0.29) is 11.9 Å². The summed E-state index contributed by atoms with van der Waals surface area (Å²) in [6.07, 6.45) is 1.09. The normalized spacial score (nSPS) is 12.5. The molecule has 0 saturated heterocycles. The summed E-state index contributed by atoms with van der Waals surface area (Å²) in [5, 5.41) is 3.37. The standard InChI is InChI=1S/C15H25FN2/c1-5-10-17-12(4)13-8-9-15(14(16)11-13)18(6-2)7-3/h8-9,11-12,17H,5-7,10H2,1-4H3. The van der Waals surface area contributed by atoms with Crippen LogP contribution in [-0.2, 0) is 0 Å². The van der Waals surface area contributed by atoms with E-state index in [0.717, 1.165) is 31.6 Å². The molecule has 0 fully saturated rings. The van der Waals surface area contributed by atoms with Gasteiger partial charge < -0.3 is 10.2 Å². The van der Waals surface area contributed by atoms with E-state index in [0.29, 0.717) is 5.69 Å². The number of hydrogen-bond acceptors (Lipinski definition) is 2. The number of halogens is 1. The van der Waals surface area contributed by atoms with Gasteiger partial charge in [-0.15, -0.1) is 0 Å². The Morgan fingerprint density at radius 1 is 1.22 bits per heavy atom. The molecule has 3 heteroatoms. The maximum Gasteiger partial charge on any atom is 0.146 e. The second-order valence-electron chi connectivity index (χ2n) is 4.56. The van der Waals surface area contributed by atoms with Crippen molar-refractivity contribution in [1.82, 2.24) is 5.32 Å². The monoisotopic (exact) mass is 252 g/mol. The molecular weight excluding hydrogens is 227 g/mol. The number of hydrogen-bond donors (Lipinski definition) is 1. The first-order chi connectivity index (χ1) is 8.63. The van der Waals surface area contributed by atoms with E-state index in [1.807, 2.05) is 30.9 Å². The Labute approximate surface area is 110 Å². The Bertz CT molecular complexity index is 362. The van der Waals surface area contributed by atoms with Crippen LogP contribution in [0.3, 0.4) is 0 Å². The summed E-state index contributed by atoms with van der Waals surface area (Å²) in [6, 6.07) is 5.76. The van der Waals surface area contributed by atoms with Gasteiger partial charge in [-0.3, -0.25) is 0 Å². The van der Waals surface area contributed by atoms with Crippen molar-refractivity contribution in [3.8, 4) is 0 Å². The molecule has 0 amide bonds. The predicted molar refractivity (Wildman–Crippen MR) is 76.7 cm³/mol. The van der Waals surface area contributed by atoms with Crippen molar-refractivity contribution in [2.24, 2.45) is 0 Å². The van der Waals surface area contributed by atoms with Gasteiger partial charge in [-0.05, 0) is 51.4 Å². The van der Waals surface area contributed by atoms with Crippen LogP contribution in [0.5, 0.6) is 0 Å². The summed E-state index contributed by atoms with van der Waals surface area (Å²) in [4.78, 5) is 2.03. The van der Waals surface area contributed by atoms with Crippen LogP contribution in [0.2, 0.25) is 0 Å². The molecule has 0 aliphatic rings. The van der Waals surface area contributed by atoms with E-state index < -0.39 is 0 Å². The highest BCUT2D eigenvalue weighted by Crippen LogP contribution is 2.23. The van der Waals surface area contributed by atoms with Gasteiger partial charge >= 0.3 is 0 Å². The topological polar surface area (TPSA) is 15.3 Å². The quantitative estimate of drug-likeness (QED) is 0.795. The highest BCUT2D eigenvalue weighted by atomic mass is 19.1. The van der Waals surface area contributed by atoms with Crippen LogP contribution < -0.4 is 10.2 Å². The van der Waals surface area contributed by atoms with Gasteiger partial charge in [-0.25, -0.2) is 4.39 Å². The van der Waals surface area contributed by atoms with Crippen LogP contribution >= 0.6 is 0 Å². The van der Waals surface area contributed by atoms with Crippen LogP contribution in [0.4, 0.5) is 10.1 Å². The molecule has 0 aliphatic heterocycles. The van der Waals surface area contributed by atoms with Crippen LogP contribution in [0, 0.1) is 5.82 Å². The maximum absolute atomic E-state index is 14.1. The molecule has 102 valence electrons. The number of nitrogens with zero attached hydrogens (tertiary/aromatic N) is 1. The fourth-order valence-corrected chi connectivity index (χ4v) is 2.09. The lowest BCUT2D eigenvalue weighted by molar-refractivity contribution is 0.561. The molecule has 1 aromatic rings. The summed E-state index contributed by atoms with van der Waals surface area (Å²) in [5.74, 6) is -0.124. The molecule has 0 radical (unpaired) electrons. The number of nitrogens with one attached hydrogen (secondary N) is 1. The molecule has 1 atom stereocenters. The zero-order valence-corrected chi connectivity index (χ0v) is 12.0. The zero-order chi connectivity index (χ0) is 13.5. The molecule has 2 nitrogen and oxygen atoms in total. The van der Waals surface area contributed by atoms with Crippen molar-refractivity contribution in [1.29, 1.82) is 0 Å². The molecule has 0 bridgehead atoms. The smallest absolute Gasteiger partial charge is 0.146 e. The van der Waals surface area contributed by atoms with Crippen molar-refractivity contribution < 1.29 is 4.39 Å². The second-order valence-corrected chi connectivity index (χ2v) is 4.56. The van der Waals surface area contributed by atoms with Gasteiger partial charge in [0.25, 0.3) is 0 Å². The largest absolute Gasteiger partial charge is 0.370 e. The van der Waals surface area contributed by atoms with Crippen molar-refractivity contribution in [2.75, 3.05) is 24.5 Å². The highest BCUT2D eigenvalue weighted by molar-refractivity contribution is 5.49. The fourth-order valence-electron chi connectivity index (χ4n) is 2.09. The molecule has 18 heavy (non-hydrogen) atoms. The second kappa shape index (κ2) is 7.37. The molecule has 0 aromatic heterocycles. The predicted octanol–water partition coefficient (Wildman–Crippen LogP) is 3.73. The van der Waals surface area contributed by atoms with Crippen LogP contribution in [0.1, 0.15) is 45.7 Å². The minimum Gasteiger partial charge on any atom is -0.370 e. The summed E-state index contributed by atoms with van der Waals surface area (Å²) in [5.41, 5.74) is 1.71. The van der Waals surface area contributed by atoms with Gasteiger partial charge in [0, 0.05) is 19.1 Å². The lowest BCUT2D eigenvalue weighted by Gasteiger charge is -2.23. The summed E-state index contributed by atoms with van der Waals surface area (Å²) in [6.45, 7) is 10.9. The van der Waals surface area contributed by atoms with Gasteiger partial charge in [-0.2, -0.15) is 0 Å². The molecular formula is C15H25FN2. The van der Waals surface area contributed by atoms with E-state index in [9.17, 15) is 4.39 Å². The first kappa shape index (κ1) is 15.0. The number of benzene rings is 1. The Balaban J connectivity index is 2.84. The van der Waals surface area contributed by atoms with E-state index >= 15 is 0 Å². The van der Waals surface area contributed by atoms with Gasteiger partial charge in [0.15, 0.2) is 0 Å². The van der Waals surface area contributed by atoms with Crippen molar-refractivity contribution in [3.05, 3.63) is 29.6 Å². The summed E-state index contributed by atoms with van der Waals surface area (Å²) >= 11 is 0. The van der Waals surface area contributed by atoms with Crippen LogP contribution in [-0.4, -0.2) is 19.6 Å². The number of anilines is 1.